The lowest BCUT2D eigenvalue weighted by molar-refractivity contribution is -0.139. The van der Waals surface area contributed by atoms with Crippen molar-refractivity contribution in [3.63, 3.8) is 0 Å². The highest BCUT2D eigenvalue weighted by Gasteiger charge is 2.45. The third kappa shape index (κ3) is 4.39. The maximum Gasteiger partial charge on any atom is 0.295 e. The molecular weight excluding hydrogens is 380 g/mol. The van der Waals surface area contributed by atoms with Gasteiger partial charge in [-0.1, -0.05) is 42.0 Å². The quantitative estimate of drug-likeness (QED) is 0.432. The fourth-order valence-corrected chi connectivity index (χ4v) is 3.69. The molecule has 1 amide bonds. The van der Waals surface area contributed by atoms with Crippen LogP contribution in [0.2, 0.25) is 0 Å². The Hall–Kier alpha value is -3.12. The highest BCUT2D eigenvalue weighted by atomic mass is 16.5. The lowest BCUT2D eigenvalue weighted by Gasteiger charge is -2.26. The van der Waals surface area contributed by atoms with E-state index in [-0.39, 0.29) is 11.3 Å². The van der Waals surface area contributed by atoms with Gasteiger partial charge in [0.05, 0.1) is 18.7 Å². The van der Waals surface area contributed by atoms with Crippen LogP contribution >= 0.6 is 0 Å². The van der Waals surface area contributed by atoms with Crippen molar-refractivity contribution in [3.05, 3.63) is 70.8 Å². The van der Waals surface area contributed by atoms with Crippen molar-refractivity contribution in [1.29, 1.82) is 0 Å². The third-order valence-electron chi connectivity index (χ3n) is 5.28. The summed E-state index contributed by atoms with van der Waals surface area (Å²) in [6.45, 7) is 3.14. The van der Waals surface area contributed by atoms with Gasteiger partial charge in [0.15, 0.2) is 0 Å². The highest BCUT2D eigenvalue weighted by Crippen LogP contribution is 2.40. The minimum Gasteiger partial charge on any atom is -0.507 e. The fraction of sp³-hybridized carbons (Fsp3) is 0.333. The van der Waals surface area contributed by atoms with Gasteiger partial charge in [-0.05, 0) is 51.7 Å². The van der Waals surface area contributed by atoms with Crippen LogP contribution in [-0.2, 0) is 9.59 Å². The zero-order valence-corrected chi connectivity index (χ0v) is 17.9. The molecule has 6 nitrogen and oxygen atoms in total. The van der Waals surface area contributed by atoms with E-state index in [2.05, 4.69) is 0 Å². The van der Waals surface area contributed by atoms with Crippen LogP contribution in [0.3, 0.4) is 0 Å². The van der Waals surface area contributed by atoms with Gasteiger partial charge in [0.25, 0.3) is 11.7 Å². The molecule has 1 aliphatic rings. The molecular formula is C24H28N2O4. The van der Waals surface area contributed by atoms with Crippen LogP contribution in [-0.4, -0.2) is 60.9 Å². The number of aliphatic hydroxyl groups excluding tert-OH is 1. The number of carbonyl (C=O) groups excluding carboxylic acids is 2. The molecule has 6 heteroatoms. The van der Waals surface area contributed by atoms with E-state index in [0.29, 0.717) is 24.3 Å². The second-order valence-electron chi connectivity index (χ2n) is 7.79. The predicted octanol–water partition coefficient (Wildman–Crippen LogP) is 3.38. The lowest BCUT2D eigenvalue weighted by atomic mass is 9.95. The zero-order chi connectivity index (χ0) is 21.8. The van der Waals surface area contributed by atoms with Crippen molar-refractivity contribution in [1.82, 2.24) is 9.80 Å². The van der Waals surface area contributed by atoms with Crippen LogP contribution < -0.4 is 4.74 Å². The van der Waals surface area contributed by atoms with Gasteiger partial charge in [-0.2, -0.15) is 0 Å². The molecule has 1 fully saturated rings. The van der Waals surface area contributed by atoms with E-state index in [0.717, 1.165) is 17.7 Å². The number of benzene rings is 2. The summed E-state index contributed by atoms with van der Waals surface area (Å²) < 4.78 is 5.34. The number of aryl methyl sites for hydroxylation is 1. The second-order valence-corrected chi connectivity index (χ2v) is 7.79. The molecule has 0 aliphatic carbocycles. The number of aliphatic hydroxyl groups is 1. The molecule has 1 N–H and O–H groups in total. The van der Waals surface area contributed by atoms with Crippen LogP contribution in [0.4, 0.5) is 0 Å². The van der Waals surface area contributed by atoms with Crippen molar-refractivity contribution in [2.45, 2.75) is 19.4 Å². The SMILES string of the molecule is COc1cccc(C2/C(=C(\O)c3ccc(C)cc3)C(=O)C(=O)N2CCCN(C)C)c1. The van der Waals surface area contributed by atoms with Crippen molar-refractivity contribution in [2.75, 3.05) is 34.3 Å². The lowest BCUT2D eigenvalue weighted by Crippen LogP contribution is -2.32. The number of nitrogens with zero attached hydrogens (tertiary/aromatic N) is 2. The minimum atomic E-state index is -0.663. The van der Waals surface area contributed by atoms with Crippen molar-refractivity contribution < 1.29 is 19.4 Å². The van der Waals surface area contributed by atoms with Crippen molar-refractivity contribution in [3.8, 4) is 5.75 Å². The summed E-state index contributed by atoms with van der Waals surface area (Å²) in [6, 6.07) is 13.9. The van der Waals surface area contributed by atoms with Crippen LogP contribution in [0.5, 0.6) is 5.75 Å². The van der Waals surface area contributed by atoms with Crippen LogP contribution in [0.1, 0.15) is 29.2 Å². The van der Waals surface area contributed by atoms with E-state index in [9.17, 15) is 14.7 Å². The number of ether oxygens (including phenoxy) is 1. The molecule has 0 bridgehead atoms. The molecule has 0 aromatic heterocycles. The first-order chi connectivity index (χ1) is 14.3. The molecule has 2 aromatic carbocycles. The summed E-state index contributed by atoms with van der Waals surface area (Å²) in [4.78, 5) is 29.5. The molecule has 30 heavy (non-hydrogen) atoms. The fourth-order valence-electron chi connectivity index (χ4n) is 3.69. The van der Waals surface area contributed by atoms with Gasteiger partial charge in [-0.3, -0.25) is 9.59 Å². The number of ketones is 1. The molecule has 158 valence electrons. The van der Waals surface area contributed by atoms with Crippen molar-refractivity contribution in [2.24, 2.45) is 0 Å². The smallest absolute Gasteiger partial charge is 0.295 e. The Kier molecular flexibility index (Phi) is 6.57. The first kappa shape index (κ1) is 21.6. The number of carbonyl (C=O) groups is 2. The van der Waals surface area contributed by atoms with Crippen molar-refractivity contribution >= 4 is 17.4 Å². The van der Waals surface area contributed by atoms with Gasteiger partial charge < -0.3 is 19.6 Å². The maximum atomic E-state index is 13.0. The summed E-state index contributed by atoms with van der Waals surface area (Å²) in [5.74, 6) is -0.779. The summed E-state index contributed by atoms with van der Waals surface area (Å²) in [5, 5.41) is 11.0. The molecule has 1 aliphatic heterocycles. The largest absolute Gasteiger partial charge is 0.507 e. The third-order valence-corrected chi connectivity index (χ3v) is 5.28. The molecule has 1 heterocycles. The predicted molar refractivity (Wildman–Crippen MR) is 116 cm³/mol. The van der Waals surface area contributed by atoms with Gasteiger partial charge in [-0.15, -0.1) is 0 Å². The van der Waals surface area contributed by atoms with Crippen LogP contribution in [0.15, 0.2) is 54.1 Å². The Morgan fingerprint density at radius 2 is 1.83 bits per heavy atom. The van der Waals surface area contributed by atoms with E-state index < -0.39 is 17.7 Å². The zero-order valence-electron chi connectivity index (χ0n) is 17.9. The number of methoxy groups -OCH3 is 1. The van der Waals surface area contributed by atoms with Crippen LogP contribution in [0, 0.1) is 6.92 Å². The highest BCUT2D eigenvalue weighted by molar-refractivity contribution is 6.46. The molecule has 1 unspecified atom stereocenters. The summed E-state index contributed by atoms with van der Waals surface area (Å²) in [5.41, 5.74) is 2.40. The maximum absolute atomic E-state index is 13.0. The van der Waals surface area contributed by atoms with E-state index in [1.54, 1.807) is 30.2 Å². The topological polar surface area (TPSA) is 70.1 Å². The Labute approximate surface area is 177 Å². The summed E-state index contributed by atoms with van der Waals surface area (Å²) in [7, 11) is 5.50. The monoisotopic (exact) mass is 408 g/mol. The van der Waals surface area contributed by atoms with Crippen LogP contribution in [0.25, 0.3) is 5.76 Å². The number of rotatable bonds is 7. The second kappa shape index (κ2) is 9.13. The van der Waals surface area contributed by atoms with Gasteiger partial charge in [0.1, 0.15) is 11.5 Å². The summed E-state index contributed by atoms with van der Waals surface area (Å²) >= 11 is 0. The average molecular weight is 408 g/mol. The molecule has 2 aromatic rings. The summed E-state index contributed by atoms with van der Waals surface area (Å²) in [6.07, 6.45) is 0.713. The first-order valence-corrected chi connectivity index (χ1v) is 9.97. The van der Waals surface area contributed by atoms with E-state index in [1.165, 1.54) is 0 Å². The Balaban J connectivity index is 2.10. The molecule has 0 saturated carbocycles. The van der Waals surface area contributed by atoms with E-state index >= 15 is 0 Å². The Morgan fingerprint density at radius 1 is 1.13 bits per heavy atom. The molecule has 3 rings (SSSR count). The Morgan fingerprint density at radius 3 is 2.47 bits per heavy atom. The molecule has 0 radical (unpaired) electrons. The number of hydrogen-bond acceptors (Lipinski definition) is 5. The van der Waals surface area contributed by atoms with E-state index in [4.69, 9.17) is 4.74 Å². The minimum absolute atomic E-state index is 0.113. The normalized spacial score (nSPS) is 18.3. The van der Waals surface area contributed by atoms with Gasteiger partial charge >= 0.3 is 0 Å². The van der Waals surface area contributed by atoms with Gasteiger partial charge in [0, 0.05) is 12.1 Å². The van der Waals surface area contributed by atoms with E-state index in [1.807, 2.05) is 56.3 Å². The first-order valence-electron chi connectivity index (χ1n) is 9.97. The standard InChI is InChI=1S/C24H28N2O4/c1-16-9-11-17(12-10-16)22(27)20-21(18-7-5-8-19(15-18)30-4)26(24(29)23(20)28)14-6-13-25(2)3/h5,7-12,15,21,27H,6,13-14H2,1-4H3/b22-20+. The molecule has 0 spiro atoms. The molecule has 1 atom stereocenters. The Bertz CT molecular complexity index is 963. The number of Topliss-reactive ketones (excluding diaryl/α,β-unsaturated/α-hetero) is 1. The number of amides is 1. The van der Waals surface area contributed by atoms with Gasteiger partial charge in [-0.25, -0.2) is 0 Å². The number of hydrogen-bond donors (Lipinski definition) is 1. The number of likely N-dealkylation sites (tertiary alicyclic amines) is 1. The molecule has 1 saturated heterocycles. The van der Waals surface area contributed by atoms with Gasteiger partial charge in [0.2, 0.25) is 0 Å². The average Bonchev–Trinajstić information content (AvgIpc) is 2.98.